The molecule has 0 aliphatic rings. The maximum absolute atomic E-state index is 13.0. The van der Waals surface area contributed by atoms with E-state index in [2.05, 4.69) is 15.9 Å². The van der Waals surface area contributed by atoms with Crippen LogP contribution in [0.5, 0.6) is 0 Å². The van der Waals surface area contributed by atoms with E-state index < -0.39 is 0 Å². The van der Waals surface area contributed by atoms with Crippen LogP contribution >= 0.6 is 15.9 Å². The highest BCUT2D eigenvalue weighted by Crippen LogP contribution is 2.26. The van der Waals surface area contributed by atoms with E-state index in [1.54, 1.807) is 24.3 Å². The second-order valence-corrected chi connectivity index (χ2v) is 3.91. The van der Waals surface area contributed by atoms with Crippen molar-refractivity contribution < 1.29 is 13.9 Å². The van der Waals surface area contributed by atoms with Crippen LogP contribution in [0.4, 0.5) is 4.39 Å². The fourth-order valence-corrected chi connectivity index (χ4v) is 1.65. The number of halogens is 2. The van der Waals surface area contributed by atoms with Gasteiger partial charge in [-0.2, -0.15) is 0 Å². The normalized spacial score (nSPS) is 10.6. The first-order valence-corrected chi connectivity index (χ1v) is 5.15. The highest BCUT2D eigenvalue weighted by Gasteiger charge is 2.06. The van der Waals surface area contributed by atoms with E-state index in [1.807, 2.05) is 0 Å². The molecule has 4 heteroatoms. The van der Waals surface area contributed by atoms with Crippen LogP contribution in [0.2, 0.25) is 0 Å². The van der Waals surface area contributed by atoms with Crippen molar-refractivity contribution in [2.75, 3.05) is 0 Å². The molecule has 0 saturated carbocycles. The number of aliphatic hydroxyl groups is 1. The van der Waals surface area contributed by atoms with Crippen molar-refractivity contribution in [2.45, 2.75) is 6.61 Å². The second-order valence-electron chi connectivity index (χ2n) is 3.05. The first-order chi connectivity index (χ1) is 7.20. The minimum atomic E-state index is -0.312. The van der Waals surface area contributed by atoms with Gasteiger partial charge in [-0.25, -0.2) is 4.39 Å². The summed E-state index contributed by atoms with van der Waals surface area (Å²) < 4.78 is 18.7. The maximum Gasteiger partial charge on any atom is 0.137 e. The van der Waals surface area contributed by atoms with Gasteiger partial charge < -0.3 is 9.52 Å². The van der Waals surface area contributed by atoms with Gasteiger partial charge in [-0.15, -0.1) is 0 Å². The summed E-state index contributed by atoms with van der Waals surface area (Å²) in [5.41, 5.74) is 0.767. The SMILES string of the molecule is OCc1ccc(-c2ccc(F)c(Br)c2)o1. The van der Waals surface area contributed by atoms with Crippen molar-refractivity contribution >= 4 is 15.9 Å². The monoisotopic (exact) mass is 270 g/mol. The molecular weight excluding hydrogens is 263 g/mol. The Morgan fingerprint density at radius 1 is 1.27 bits per heavy atom. The van der Waals surface area contributed by atoms with Crippen molar-refractivity contribution in [3.8, 4) is 11.3 Å². The van der Waals surface area contributed by atoms with Gasteiger partial charge in [0.05, 0.1) is 4.47 Å². The summed E-state index contributed by atoms with van der Waals surface area (Å²) in [4.78, 5) is 0. The van der Waals surface area contributed by atoms with Gasteiger partial charge in [-0.1, -0.05) is 0 Å². The highest BCUT2D eigenvalue weighted by atomic mass is 79.9. The van der Waals surface area contributed by atoms with E-state index in [0.717, 1.165) is 5.56 Å². The zero-order chi connectivity index (χ0) is 10.8. The molecule has 0 amide bonds. The third kappa shape index (κ3) is 2.11. The number of hydrogen-bond donors (Lipinski definition) is 1. The van der Waals surface area contributed by atoms with E-state index in [4.69, 9.17) is 9.52 Å². The Labute approximate surface area is 94.5 Å². The predicted molar refractivity (Wildman–Crippen MR) is 57.7 cm³/mol. The lowest BCUT2D eigenvalue weighted by atomic mass is 10.2. The van der Waals surface area contributed by atoms with Crippen molar-refractivity contribution in [1.82, 2.24) is 0 Å². The molecule has 0 unspecified atom stereocenters. The molecule has 15 heavy (non-hydrogen) atoms. The number of benzene rings is 1. The fraction of sp³-hybridized carbons (Fsp3) is 0.0909. The van der Waals surface area contributed by atoms with E-state index in [0.29, 0.717) is 16.0 Å². The molecule has 78 valence electrons. The molecule has 2 rings (SSSR count). The summed E-state index contributed by atoms with van der Waals surface area (Å²) in [5, 5.41) is 8.83. The minimum absolute atomic E-state index is 0.137. The molecule has 0 aliphatic heterocycles. The lowest BCUT2D eigenvalue weighted by Crippen LogP contribution is -1.79. The Balaban J connectivity index is 2.40. The molecule has 0 spiro atoms. The van der Waals surface area contributed by atoms with Crippen LogP contribution in [-0.4, -0.2) is 5.11 Å². The van der Waals surface area contributed by atoms with Crippen LogP contribution in [0.15, 0.2) is 39.2 Å². The minimum Gasteiger partial charge on any atom is -0.459 e. The second kappa shape index (κ2) is 4.16. The van der Waals surface area contributed by atoms with Crippen LogP contribution in [-0.2, 0) is 6.61 Å². The zero-order valence-corrected chi connectivity index (χ0v) is 9.29. The van der Waals surface area contributed by atoms with Gasteiger partial charge in [0.15, 0.2) is 0 Å². The molecule has 0 fully saturated rings. The number of furan rings is 1. The van der Waals surface area contributed by atoms with Crippen molar-refractivity contribution in [3.05, 3.63) is 46.4 Å². The summed E-state index contributed by atoms with van der Waals surface area (Å²) in [6, 6.07) is 8.05. The summed E-state index contributed by atoms with van der Waals surface area (Å²) >= 11 is 3.10. The van der Waals surface area contributed by atoms with Crippen molar-refractivity contribution in [1.29, 1.82) is 0 Å². The predicted octanol–water partition coefficient (Wildman–Crippen LogP) is 3.34. The molecule has 2 aromatic rings. The van der Waals surface area contributed by atoms with Gasteiger partial charge >= 0.3 is 0 Å². The van der Waals surface area contributed by atoms with Gasteiger partial charge in [0.25, 0.3) is 0 Å². The van der Waals surface area contributed by atoms with Gasteiger partial charge in [0, 0.05) is 5.56 Å². The molecule has 1 aromatic heterocycles. The number of hydrogen-bond acceptors (Lipinski definition) is 2. The molecule has 0 saturated heterocycles. The summed E-state index contributed by atoms with van der Waals surface area (Å²) in [7, 11) is 0. The molecule has 1 aromatic carbocycles. The summed E-state index contributed by atoms with van der Waals surface area (Å²) in [5.74, 6) is 0.790. The smallest absolute Gasteiger partial charge is 0.137 e. The zero-order valence-electron chi connectivity index (χ0n) is 7.71. The molecule has 0 aliphatic carbocycles. The van der Waals surface area contributed by atoms with Crippen LogP contribution in [0.3, 0.4) is 0 Å². The third-order valence-electron chi connectivity index (χ3n) is 2.02. The average molecular weight is 271 g/mol. The Morgan fingerprint density at radius 2 is 2.07 bits per heavy atom. The maximum atomic E-state index is 13.0. The van der Waals surface area contributed by atoms with Crippen LogP contribution in [0.1, 0.15) is 5.76 Å². The van der Waals surface area contributed by atoms with Crippen molar-refractivity contribution in [3.63, 3.8) is 0 Å². The quantitative estimate of drug-likeness (QED) is 0.908. The largest absolute Gasteiger partial charge is 0.459 e. The Morgan fingerprint density at radius 3 is 2.67 bits per heavy atom. The summed E-state index contributed by atoms with van der Waals surface area (Å²) in [6.07, 6.45) is 0. The molecule has 1 heterocycles. The Hall–Kier alpha value is -1.13. The van der Waals surface area contributed by atoms with Crippen LogP contribution < -0.4 is 0 Å². The highest BCUT2D eigenvalue weighted by molar-refractivity contribution is 9.10. The average Bonchev–Trinajstić information content (AvgIpc) is 2.70. The standard InChI is InChI=1S/C11H8BrFO2/c12-9-5-7(1-3-10(9)13)11-4-2-8(6-14)15-11/h1-5,14H,6H2. The topological polar surface area (TPSA) is 33.4 Å². The first kappa shape index (κ1) is 10.4. The van der Waals surface area contributed by atoms with E-state index in [9.17, 15) is 4.39 Å². The molecule has 0 bridgehead atoms. The molecule has 0 radical (unpaired) electrons. The van der Waals surface area contributed by atoms with Crippen molar-refractivity contribution in [2.24, 2.45) is 0 Å². The lowest BCUT2D eigenvalue weighted by molar-refractivity contribution is 0.248. The van der Waals surface area contributed by atoms with Gasteiger partial charge in [0.2, 0.25) is 0 Å². The van der Waals surface area contributed by atoms with E-state index >= 15 is 0 Å². The lowest BCUT2D eigenvalue weighted by Gasteiger charge is -1.99. The first-order valence-electron chi connectivity index (χ1n) is 4.35. The fourth-order valence-electron chi connectivity index (χ4n) is 1.27. The Kier molecular flexibility index (Phi) is 2.88. The third-order valence-corrected chi connectivity index (χ3v) is 2.63. The van der Waals surface area contributed by atoms with Gasteiger partial charge in [-0.05, 0) is 46.3 Å². The van der Waals surface area contributed by atoms with Gasteiger partial charge in [-0.3, -0.25) is 0 Å². The molecule has 0 atom stereocenters. The van der Waals surface area contributed by atoms with Gasteiger partial charge in [0.1, 0.15) is 23.9 Å². The summed E-state index contributed by atoms with van der Waals surface area (Å²) in [6.45, 7) is -0.137. The van der Waals surface area contributed by atoms with E-state index in [-0.39, 0.29) is 12.4 Å². The van der Waals surface area contributed by atoms with Crippen LogP contribution in [0, 0.1) is 5.82 Å². The number of aliphatic hydroxyl groups excluding tert-OH is 1. The molecular formula is C11H8BrFO2. The molecule has 2 nitrogen and oxygen atoms in total. The van der Waals surface area contributed by atoms with E-state index in [1.165, 1.54) is 6.07 Å². The van der Waals surface area contributed by atoms with Crippen LogP contribution in [0.25, 0.3) is 11.3 Å². The molecule has 1 N–H and O–H groups in total. The number of rotatable bonds is 2. The Bertz CT molecular complexity index is 479.